The van der Waals surface area contributed by atoms with E-state index in [2.05, 4.69) is 20.9 Å². The zero-order valence-electron chi connectivity index (χ0n) is 8.30. The number of aryl methyl sites for hydroxylation is 2. The molecule has 2 rings (SSSR count). The fraction of sp³-hybridized carbons (Fsp3) is 0.182. The highest BCUT2D eigenvalue weighted by molar-refractivity contribution is 9.10. The molecule has 2 aromatic rings. The van der Waals surface area contributed by atoms with Gasteiger partial charge >= 0.3 is 0 Å². The van der Waals surface area contributed by atoms with Crippen molar-refractivity contribution in [2.45, 2.75) is 13.8 Å². The van der Waals surface area contributed by atoms with Crippen molar-refractivity contribution in [1.82, 2.24) is 0 Å². The number of fused-ring (bicyclic) bond motifs is 1. The number of aliphatic imine (C=N–C) groups is 1. The molecule has 4 heteroatoms. The van der Waals surface area contributed by atoms with Gasteiger partial charge in [0.25, 0.3) is 0 Å². The average molecular weight is 266 g/mol. The second-order valence-electron chi connectivity index (χ2n) is 3.31. The summed E-state index contributed by atoms with van der Waals surface area (Å²) >= 11 is 3.38. The smallest absolute Gasteiger partial charge is 0.240 e. The van der Waals surface area contributed by atoms with E-state index in [1.54, 1.807) is 12.1 Å². The highest BCUT2D eigenvalue weighted by atomic mass is 79.9. The third-order valence-electron chi connectivity index (χ3n) is 2.29. The third kappa shape index (κ3) is 1.62. The lowest BCUT2D eigenvalue weighted by Crippen LogP contribution is -1.77. The Hall–Kier alpha value is -1.38. The monoisotopic (exact) mass is 265 g/mol. The number of isocyanates is 1. The minimum absolute atomic E-state index is 0.616. The average Bonchev–Trinajstić information content (AvgIpc) is 2.57. The molecule has 0 N–H and O–H groups in total. The molecule has 0 saturated heterocycles. The number of carbonyl (C=O) groups excluding carboxylic acids is 1. The van der Waals surface area contributed by atoms with E-state index in [-0.39, 0.29) is 0 Å². The van der Waals surface area contributed by atoms with Crippen LogP contribution in [0.2, 0.25) is 0 Å². The SMILES string of the molecule is Cc1cc2c(C)c(N=C=O)cc(Br)c2o1. The van der Waals surface area contributed by atoms with Crippen LogP contribution in [0.5, 0.6) is 0 Å². The van der Waals surface area contributed by atoms with Gasteiger partial charge in [-0.05, 0) is 47.5 Å². The van der Waals surface area contributed by atoms with Crippen LogP contribution in [-0.4, -0.2) is 6.08 Å². The summed E-state index contributed by atoms with van der Waals surface area (Å²) in [6, 6.07) is 3.69. The molecule has 0 aliphatic rings. The van der Waals surface area contributed by atoms with Crippen molar-refractivity contribution < 1.29 is 9.21 Å². The van der Waals surface area contributed by atoms with Crippen molar-refractivity contribution in [1.29, 1.82) is 0 Å². The molecule has 1 aromatic carbocycles. The minimum atomic E-state index is 0.616. The summed E-state index contributed by atoms with van der Waals surface area (Å²) in [5.41, 5.74) is 2.33. The van der Waals surface area contributed by atoms with Crippen molar-refractivity contribution in [3.63, 3.8) is 0 Å². The molecule has 0 unspecified atom stereocenters. The largest absolute Gasteiger partial charge is 0.460 e. The van der Waals surface area contributed by atoms with Gasteiger partial charge in [-0.15, -0.1) is 0 Å². The number of nitrogens with zero attached hydrogens (tertiary/aromatic N) is 1. The minimum Gasteiger partial charge on any atom is -0.460 e. The molecule has 0 saturated carbocycles. The second-order valence-corrected chi connectivity index (χ2v) is 4.16. The first-order valence-electron chi connectivity index (χ1n) is 4.40. The van der Waals surface area contributed by atoms with Gasteiger partial charge in [0, 0.05) is 5.39 Å². The van der Waals surface area contributed by atoms with Gasteiger partial charge in [-0.1, -0.05) is 0 Å². The summed E-state index contributed by atoms with van der Waals surface area (Å²) in [7, 11) is 0. The molecule has 1 aromatic heterocycles. The first-order chi connectivity index (χ1) is 7.13. The Morgan fingerprint density at radius 1 is 1.40 bits per heavy atom. The molecular formula is C11H8BrNO2. The second kappa shape index (κ2) is 3.65. The number of furan rings is 1. The molecule has 0 spiro atoms. The Bertz CT molecular complexity index is 580. The van der Waals surface area contributed by atoms with Crippen molar-refractivity contribution in [2.75, 3.05) is 0 Å². The molecule has 0 radical (unpaired) electrons. The van der Waals surface area contributed by atoms with Crippen LogP contribution < -0.4 is 0 Å². The third-order valence-corrected chi connectivity index (χ3v) is 2.88. The molecule has 76 valence electrons. The lowest BCUT2D eigenvalue weighted by Gasteiger charge is -2.00. The molecule has 15 heavy (non-hydrogen) atoms. The highest BCUT2D eigenvalue weighted by Gasteiger charge is 2.11. The summed E-state index contributed by atoms with van der Waals surface area (Å²) in [5, 5.41) is 0.968. The van der Waals surface area contributed by atoms with Crippen LogP contribution in [0.15, 0.2) is 26.0 Å². The summed E-state index contributed by atoms with van der Waals surface area (Å²) in [5.74, 6) is 0.834. The van der Waals surface area contributed by atoms with Gasteiger partial charge in [0.2, 0.25) is 6.08 Å². The summed E-state index contributed by atoms with van der Waals surface area (Å²) in [6.45, 7) is 3.79. The molecule has 0 fully saturated rings. The Kier molecular flexibility index (Phi) is 2.47. The van der Waals surface area contributed by atoms with Gasteiger partial charge < -0.3 is 4.42 Å². The number of hydrogen-bond acceptors (Lipinski definition) is 3. The van der Waals surface area contributed by atoms with E-state index < -0.39 is 0 Å². The van der Waals surface area contributed by atoms with E-state index in [0.29, 0.717) is 5.69 Å². The maximum Gasteiger partial charge on any atom is 0.240 e. The fourth-order valence-electron chi connectivity index (χ4n) is 1.57. The van der Waals surface area contributed by atoms with Crippen LogP contribution in [0.4, 0.5) is 5.69 Å². The Balaban J connectivity index is 2.89. The number of hydrogen-bond donors (Lipinski definition) is 0. The summed E-state index contributed by atoms with van der Waals surface area (Å²) in [6.07, 6.45) is 1.55. The normalized spacial score (nSPS) is 10.3. The van der Waals surface area contributed by atoms with Crippen molar-refractivity contribution >= 4 is 38.7 Å². The van der Waals surface area contributed by atoms with Crippen LogP contribution in [0.3, 0.4) is 0 Å². The zero-order chi connectivity index (χ0) is 11.0. The number of rotatable bonds is 1. The highest BCUT2D eigenvalue weighted by Crippen LogP contribution is 2.35. The van der Waals surface area contributed by atoms with E-state index in [4.69, 9.17) is 4.42 Å². The fourth-order valence-corrected chi connectivity index (χ4v) is 2.08. The van der Waals surface area contributed by atoms with Crippen LogP contribution in [0, 0.1) is 13.8 Å². The molecular weight excluding hydrogens is 258 g/mol. The predicted octanol–water partition coefficient (Wildman–Crippen LogP) is 3.78. The van der Waals surface area contributed by atoms with Gasteiger partial charge in [-0.2, -0.15) is 4.99 Å². The Labute approximate surface area is 94.9 Å². The zero-order valence-corrected chi connectivity index (χ0v) is 9.88. The lowest BCUT2D eigenvalue weighted by molar-refractivity contribution is 0.565. The molecule has 0 aliphatic heterocycles. The Morgan fingerprint density at radius 3 is 2.80 bits per heavy atom. The molecule has 0 aliphatic carbocycles. The van der Waals surface area contributed by atoms with Crippen LogP contribution in [0.25, 0.3) is 11.0 Å². The predicted molar refractivity (Wildman–Crippen MR) is 61.2 cm³/mol. The Morgan fingerprint density at radius 2 is 2.13 bits per heavy atom. The maximum atomic E-state index is 10.2. The van der Waals surface area contributed by atoms with Crippen molar-refractivity contribution in [3.05, 3.63) is 27.9 Å². The standard InChI is InChI=1S/C11H8BrNO2/c1-6-3-8-7(2)10(13-5-14)4-9(12)11(8)15-6/h3-4H,1-2H3. The van der Waals surface area contributed by atoms with Gasteiger partial charge in [0.15, 0.2) is 0 Å². The first-order valence-corrected chi connectivity index (χ1v) is 5.20. The molecule has 0 amide bonds. The molecule has 0 atom stereocenters. The summed E-state index contributed by atoms with van der Waals surface area (Å²) in [4.78, 5) is 13.9. The molecule has 3 nitrogen and oxygen atoms in total. The van der Waals surface area contributed by atoms with Crippen LogP contribution in [0.1, 0.15) is 11.3 Å². The van der Waals surface area contributed by atoms with Crippen molar-refractivity contribution in [2.24, 2.45) is 4.99 Å². The summed E-state index contributed by atoms with van der Waals surface area (Å²) < 4.78 is 6.32. The van der Waals surface area contributed by atoms with Gasteiger partial charge in [-0.3, -0.25) is 0 Å². The molecule has 1 heterocycles. The number of benzene rings is 1. The maximum absolute atomic E-state index is 10.2. The van der Waals surface area contributed by atoms with E-state index in [0.717, 1.165) is 26.8 Å². The quantitative estimate of drug-likeness (QED) is 0.582. The van der Waals surface area contributed by atoms with Crippen molar-refractivity contribution in [3.8, 4) is 0 Å². The topological polar surface area (TPSA) is 42.6 Å². The van der Waals surface area contributed by atoms with Gasteiger partial charge in [0.1, 0.15) is 11.3 Å². The van der Waals surface area contributed by atoms with Gasteiger partial charge in [-0.25, -0.2) is 4.79 Å². The van der Waals surface area contributed by atoms with E-state index >= 15 is 0 Å². The van der Waals surface area contributed by atoms with E-state index in [1.165, 1.54) is 0 Å². The first kappa shape index (κ1) is 10.1. The number of halogens is 1. The van der Waals surface area contributed by atoms with E-state index in [1.807, 2.05) is 19.9 Å². The van der Waals surface area contributed by atoms with Crippen LogP contribution in [-0.2, 0) is 4.79 Å². The molecule has 0 bridgehead atoms. The lowest BCUT2D eigenvalue weighted by atomic mass is 10.1. The van der Waals surface area contributed by atoms with E-state index in [9.17, 15) is 4.79 Å². The van der Waals surface area contributed by atoms with Gasteiger partial charge in [0.05, 0.1) is 10.2 Å². The van der Waals surface area contributed by atoms with Crippen LogP contribution >= 0.6 is 15.9 Å².